The second-order valence-electron chi connectivity index (χ2n) is 13.3. The predicted octanol–water partition coefficient (Wildman–Crippen LogP) is 7.61. The van der Waals surface area contributed by atoms with Gasteiger partial charge >= 0.3 is 0 Å². The highest BCUT2D eigenvalue weighted by Gasteiger charge is 2.61. The summed E-state index contributed by atoms with van der Waals surface area (Å²) < 4.78 is 0. The van der Waals surface area contributed by atoms with E-state index in [4.69, 9.17) is 0 Å². The molecule has 2 nitrogen and oxygen atoms in total. The van der Waals surface area contributed by atoms with E-state index in [9.17, 15) is 4.79 Å². The molecule has 178 valence electrons. The Kier molecular flexibility index (Phi) is 6.87. The van der Waals surface area contributed by atoms with Gasteiger partial charge in [-0.1, -0.05) is 60.3 Å². The van der Waals surface area contributed by atoms with Crippen LogP contribution in [-0.4, -0.2) is 11.9 Å². The number of rotatable bonds is 6. The number of amides is 1. The summed E-state index contributed by atoms with van der Waals surface area (Å²) in [7, 11) is 0. The van der Waals surface area contributed by atoms with Crippen molar-refractivity contribution in [3.63, 3.8) is 0 Å². The van der Waals surface area contributed by atoms with E-state index in [0.29, 0.717) is 22.8 Å². The van der Waals surface area contributed by atoms with Crippen LogP contribution in [0.2, 0.25) is 0 Å². The van der Waals surface area contributed by atoms with Crippen molar-refractivity contribution in [2.24, 2.45) is 52.3 Å². The number of hydrogen-bond acceptors (Lipinski definition) is 1. The minimum Gasteiger partial charge on any atom is -0.353 e. The molecule has 4 rings (SSSR count). The maximum Gasteiger partial charge on any atom is 0.217 e. The second kappa shape index (κ2) is 9.02. The smallest absolute Gasteiger partial charge is 0.217 e. The highest BCUT2D eigenvalue weighted by Crippen LogP contribution is 2.68. The van der Waals surface area contributed by atoms with Crippen molar-refractivity contribution in [1.29, 1.82) is 0 Å². The van der Waals surface area contributed by atoms with E-state index in [1.165, 1.54) is 77.0 Å². The van der Waals surface area contributed by atoms with Gasteiger partial charge in [-0.3, -0.25) is 4.79 Å². The summed E-state index contributed by atoms with van der Waals surface area (Å²) in [6.45, 7) is 14.4. The fourth-order valence-electron chi connectivity index (χ4n) is 9.88. The fraction of sp³-hybridized carbons (Fsp3) is 0.966. The van der Waals surface area contributed by atoms with E-state index in [1.54, 1.807) is 6.92 Å². The summed E-state index contributed by atoms with van der Waals surface area (Å²) >= 11 is 0. The van der Waals surface area contributed by atoms with Crippen LogP contribution in [0.25, 0.3) is 0 Å². The first-order valence-corrected chi connectivity index (χ1v) is 13.9. The molecule has 4 aliphatic carbocycles. The van der Waals surface area contributed by atoms with Gasteiger partial charge in [-0.15, -0.1) is 0 Å². The second-order valence-corrected chi connectivity index (χ2v) is 13.3. The summed E-state index contributed by atoms with van der Waals surface area (Å²) in [6, 6.07) is 0.433. The lowest BCUT2D eigenvalue weighted by atomic mass is 9.44. The average molecular weight is 430 g/mol. The van der Waals surface area contributed by atoms with Crippen molar-refractivity contribution in [3.8, 4) is 0 Å². The van der Waals surface area contributed by atoms with Gasteiger partial charge in [0.15, 0.2) is 0 Å². The zero-order valence-electron chi connectivity index (χ0n) is 21.5. The Hall–Kier alpha value is -0.530. The van der Waals surface area contributed by atoms with E-state index in [2.05, 4.69) is 39.9 Å². The number of carbonyl (C=O) groups is 1. The van der Waals surface area contributed by atoms with E-state index in [0.717, 1.165) is 35.5 Å². The third-order valence-electron chi connectivity index (χ3n) is 11.2. The number of carbonyl (C=O) groups excluding carboxylic acids is 1. The van der Waals surface area contributed by atoms with Crippen LogP contribution >= 0.6 is 0 Å². The van der Waals surface area contributed by atoms with Crippen molar-refractivity contribution in [3.05, 3.63) is 0 Å². The lowest BCUT2D eigenvalue weighted by Crippen LogP contribution is -2.58. The van der Waals surface area contributed by atoms with Gasteiger partial charge in [-0.2, -0.15) is 0 Å². The normalized spacial score (nSPS) is 45.5. The molecule has 0 aromatic rings. The minimum absolute atomic E-state index is 0.178. The minimum atomic E-state index is 0.178. The maximum absolute atomic E-state index is 11.9. The van der Waals surface area contributed by atoms with Crippen molar-refractivity contribution in [2.75, 3.05) is 0 Å². The molecule has 0 aliphatic heterocycles. The molecule has 1 N–H and O–H groups in total. The molecule has 9 atom stereocenters. The standard InChI is InChI=1S/C29H51NO/c1-19(2)9-7-10-20(3)23-14-15-24-22-12-13-26-27(30-21(4)31)11-8-17-28(26,5)25(22)16-18-29(23,24)6/h19-20,22-27H,7-18H2,1-6H3,(H,30,31)/t20-,22+,23-,24+,25+,26+,27-,28-,29-/m1/s1. The summed E-state index contributed by atoms with van der Waals surface area (Å²) in [6.07, 6.45) is 16.8. The van der Waals surface area contributed by atoms with Gasteiger partial charge in [0, 0.05) is 13.0 Å². The molecular weight excluding hydrogens is 378 g/mol. The first-order valence-electron chi connectivity index (χ1n) is 13.9. The van der Waals surface area contributed by atoms with Gasteiger partial charge in [0.05, 0.1) is 0 Å². The zero-order valence-corrected chi connectivity index (χ0v) is 21.5. The van der Waals surface area contributed by atoms with Crippen LogP contribution in [0.4, 0.5) is 0 Å². The zero-order chi connectivity index (χ0) is 22.4. The number of hydrogen-bond donors (Lipinski definition) is 1. The van der Waals surface area contributed by atoms with E-state index in [1.807, 2.05) is 0 Å². The fourth-order valence-corrected chi connectivity index (χ4v) is 9.88. The Bertz CT molecular complexity index is 643. The first kappa shape index (κ1) is 23.6. The van der Waals surface area contributed by atoms with Gasteiger partial charge in [-0.05, 0) is 104 Å². The van der Waals surface area contributed by atoms with Crippen LogP contribution in [0.15, 0.2) is 0 Å². The average Bonchev–Trinajstić information content (AvgIpc) is 3.04. The molecule has 0 unspecified atom stereocenters. The molecule has 4 aliphatic rings. The molecular formula is C29H51NO. The lowest BCUT2D eigenvalue weighted by Gasteiger charge is -2.62. The molecule has 0 radical (unpaired) electrons. The summed E-state index contributed by atoms with van der Waals surface area (Å²) in [5.41, 5.74) is 1.05. The first-order chi connectivity index (χ1) is 14.7. The summed E-state index contributed by atoms with van der Waals surface area (Å²) in [5.74, 6) is 6.40. The van der Waals surface area contributed by atoms with Gasteiger partial charge in [0.1, 0.15) is 0 Å². The van der Waals surface area contributed by atoms with Crippen LogP contribution in [0.1, 0.15) is 119 Å². The molecule has 4 saturated carbocycles. The van der Waals surface area contributed by atoms with Crippen LogP contribution in [0.5, 0.6) is 0 Å². The largest absolute Gasteiger partial charge is 0.353 e. The van der Waals surface area contributed by atoms with Crippen LogP contribution < -0.4 is 5.32 Å². The van der Waals surface area contributed by atoms with Crippen LogP contribution in [-0.2, 0) is 4.79 Å². The Balaban J connectivity index is 1.47. The topological polar surface area (TPSA) is 29.1 Å². The SMILES string of the molecule is CC(=O)N[C@@H]1CCC[C@]2(C)[C@H]3CC[C@]4(C)[C@@H]([C@H](C)CCCC(C)C)CC[C@H]4[C@@H]3CC[C@@H]12. The number of nitrogens with one attached hydrogen (secondary N) is 1. The van der Waals surface area contributed by atoms with Crippen LogP contribution in [0, 0.1) is 52.3 Å². The van der Waals surface area contributed by atoms with Crippen molar-refractivity contribution >= 4 is 5.91 Å². The van der Waals surface area contributed by atoms with Crippen molar-refractivity contribution < 1.29 is 4.79 Å². The van der Waals surface area contributed by atoms with E-state index in [-0.39, 0.29) is 5.91 Å². The van der Waals surface area contributed by atoms with Crippen LogP contribution in [0.3, 0.4) is 0 Å². The molecule has 1 amide bonds. The van der Waals surface area contributed by atoms with Crippen molar-refractivity contribution in [1.82, 2.24) is 5.32 Å². The molecule has 0 saturated heterocycles. The molecule has 0 spiro atoms. The van der Waals surface area contributed by atoms with E-state index < -0.39 is 0 Å². The van der Waals surface area contributed by atoms with Gasteiger partial charge in [0.2, 0.25) is 5.91 Å². The molecule has 0 bridgehead atoms. The number of fused-ring (bicyclic) bond motifs is 5. The van der Waals surface area contributed by atoms with Gasteiger partial charge in [-0.25, -0.2) is 0 Å². The van der Waals surface area contributed by atoms with Gasteiger partial charge < -0.3 is 5.32 Å². The van der Waals surface area contributed by atoms with E-state index >= 15 is 0 Å². The Labute approximate surface area is 193 Å². The molecule has 0 aromatic carbocycles. The molecule has 4 fully saturated rings. The molecule has 2 heteroatoms. The maximum atomic E-state index is 11.9. The molecule has 31 heavy (non-hydrogen) atoms. The summed E-state index contributed by atoms with van der Waals surface area (Å²) in [5, 5.41) is 3.37. The quantitative estimate of drug-likeness (QED) is 0.462. The third kappa shape index (κ3) is 4.23. The highest BCUT2D eigenvalue weighted by molar-refractivity contribution is 5.73. The molecule has 0 aromatic heterocycles. The Morgan fingerprint density at radius 2 is 1.58 bits per heavy atom. The third-order valence-corrected chi connectivity index (χ3v) is 11.2. The highest BCUT2D eigenvalue weighted by atomic mass is 16.1. The molecule has 0 heterocycles. The Morgan fingerprint density at radius 1 is 0.871 bits per heavy atom. The predicted molar refractivity (Wildman–Crippen MR) is 131 cm³/mol. The van der Waals surface area contributed by atoms with Crippen molar-refractivity contribution in [2.45, 2.75) is 125 Å². The lowest BCUT2D eigenvalue weighted by molar-refractivity contribution is -0.131. The summed E-state index contributed by atoms with van der Waals surface area (Å²) in [4.78, 5) is 11.9. The Morgan fingerprint density at radius 3 is 2.29 bits per heavy atom. The monoisotopic (exact) mass is 429 g/mol. The van der Waals surface area contributed by atoms with Gasteiger partial charge in [0.25, 0.3) is 0 Å².